The number of thiazole rings is 1. The topological polar surface area (TPSA) is 79.1 Å². The zero-order valence-corrected chi connectivity index (χ0v) is 29.7. The van der Waals surface area contributed by atoms with Crippen molar-refractivity contribution in [1.82, 2.24) is 4.57 Å². The number of halogens is 3. The third-order valence-corrected chi connectivity index (χ3v) is 9.65. The lowest BCUT2D eigenvalue weighted by atomic mass is 9.93. The van der Waals surface area contributed by atoms with Gasteiger partial charge in [0, 0.05) is 15.6 Å². The van der Waals surface area contributed by atoms with Crippen molar-refractivity contribution in [2.45, 2.75) is 19.6 Å². The molecular formula is C36H27Cl2IN2O5S. The Balaban J connectivity index is 1.49. The molecule has 0 saturated carbocycles. The number of methoxy groups -OCH3 is 1. The van der Waals surface area contributed by atoms with Gasteiger partial charge >= 0.3 is 5.97 Å². The average Bonchev–Trinajstić information content (AvgIpc) is 3.38. The second-order valence-corrected chi connectivity index (χ2v) is 13.5. The zero-order chi connectivity index (χ0) is 33.1. The van der Waals surface area contributed by atoms with E-state index in [1.807, 2.05) is 78.9 Å². The molecule has 1 atom stereocenters. The van der Waals surface area contributed by atoms with E-state index in [-0.39, 0.29) is 17.7 Å². The molecule has 1 aliphatic heterocycles. The number of carbonyl (C=O) groups excluding carboxylic acids is 1. The van der Waals surface area contributed by atoms with Gasteiger partial charge in [-0.15, -0.1) is 0 Å². The Labute approximate surface area is 298 Å². The zero-order valence-electron chi connectivity index (χ0n) is 25.2. The molecule has 5 aromatic rings. The number of fused-ring (bicyclic) bond motifs is 1. The number of ether oxygens (including phenoxy) is 3. The normalized spacial score (nSPS) is 14.4. The van der Waals surface area contributed by atoms with Crippen molar-refractivity contribution in [3.05, 3.63) is 152 Å². The van der Waals surface area contributed by atoms with Crippen LogP contribution in [0.15, 0.2) is 106 Å². The molecule has 7 nitrogen and oxygen atoms in total. The first-order valence-electron chi connectivity index (χ1n) is 14.6. The number of nitrogens with zero attached hydrogens (tertiary/aromatic N) is 2. The van der Waals surface area contributed by atoms with Gasteiger partial charge in [-0.1, -0.05) is 89.1 Å². The van der Waals surface area contributed by atoms with E-state index in [4.69, 9.17) is 42.4 Å². The molecule has 11 heteroatoms. The van der Waals surface area contributed by atoms with Gasteiger partial charge in [-0.3, -0.25) is 9.36 Å². The highest BCUT2D eigenvalue weighted by Gasteiger charge is 2.35. The predicted octanol–water partition coefficient (Wildman–Crippen LogP) is 7.43. The maximum absolute atomic E-state index is 14.2. The van der Waals surface area contributed by atoms with Gasteiger partial charge in [0.1, 0.15) is 6.61 Å². The van der Waals surface area contributed by atoms with Crippen molar-refractivity contribution in [3.8, 4) is 11.5 Å². The summed E-state index contributed by atoms with van der Waals surface area (Å²) in [5.74, 6) is 0.561. The number of esters is 1. The van der Waals surface area contributed by atoms with E-state index >= 15 is 0 Å². The average molecular weight is 797 g/mol. The molecular weight excluding hydrogens is 770 g/mol. The summed E-state index contributed by atoms with van der Waals surface area (Å²) in [6, 6.07) is 26.9. The first-order chi connectivity index (χ1) is 22.8. The van der Waals surface area contributed by atoms with Crippen molar-refractivity contribution < 1.29 is 19.0 Å². The molecule has 0 spiro atoms. The van der Waals surface area contributed by atoms with E-state index in [1.54, 1.807) is 36.8 Å². The first-order valence-corrected chi connectivity index (χ1v) is 17.2. The molecule has 0 bridgehead atoms. The number of aromatic nitrogens is 1. The number of rotatable bonds is 9. The smallest absolute Gasteiger partial charge is 0.338 e. The molecule has 0 aliphatic carbocycles. The lowest BCUT2D eigenvalue weighted by Crippen LogP contribution is -2.40. The van der Waals surface area contributed by atoms with Gasteiger partial charge in [0.05, 0.1) is 39.1 Å². The third kappa shape index (κ3) is 7.03. The summed E-state index contributed by atoms with van der Waals surface area (Å²) in [5.41, 5.74) is 3.53. The Morgan fingerprint density at radius 1 is 1.00 bits per heavy atom. The molecule has 0 amide bonds. The molecule has 47 heavy (non-hydrogen) atoms. The monoisotopic (exact) mass is 796 g/mol. The highest BCUT2D eigenvalue weighted by molar-refractivity contribution is 14.1. The minimum atomic E-state index is -0.795. The van der Waals surface area contributed by atoms with Crippen LogP contribution in [0.3, 0.4) is 0 Å². The lowest BCUT2D eigenvalue weighted by molar-refractivity contribution is -0.138. The minimum absolute atomic E-state index is 0.168. The summed E-state index contributed by atoms with van der Waals surface area (Å²) in [7, 11) is 1.57. The van der Waals surface area contributed by atoms with Crippen molar-refractivity contribution in [3.63, 3.8) is 0 Å². The molecule has 4 aromatic carbocycles. The number of benzene rings is 4. The highest BCUT2D eigenvalue weighted by Crippen LogP contribution is 2.37. The molecule has 238 valence electrons. The van der Waals surface area contributed by atoms with Crippen LogP contribution in [-0.2, 0) is 16.1 Å². The van der Waals surface area contributed by atoms with Crippen LogP contribution in [0.5, 0.6) is 11.5 Å². The Hall–Kier alpha value is -3.90. The van der Waals surface area contributed by atoms with Crippen molar-refractivity contribution >= 4 is 74.9 Å². The maximum atomic E-state index is 14.2. The second kappa shape index (κ2) is 14.5. The van der Waals surface area contributed by atoms with Crippen LogP contribution in [0.1, 0.15) is 35.2 Å². The number of hydrogen-bond acceptors (Lipinski definition) is 7. The quantitative estimate of drug-likeness (QED) is 0.115. The molecule has 0 saturated heterocycles. The van der Waals surface area contributed by atoms with Crippen LogP contribution in [0.2, 0.25) is 10.0 Å². The fourth-order valence-corrected chi connectivity index (χ4v) is 7.42. The summed E-state index contributed by atoms with van der Waals surface area (Å²) in [4.78, 5) is 33.2. The van der Waals surface area contributed by atoms with Gasteiger partial charge in [0.2, 0.25) is 0 Å². The van der Waals surface area contributed by atoms with Crippen LogP contribution < -0.4 is 24.4 Å². The second-order valence-electron chi connectivity index (χ2n) is 10.4. The van der Waals surface area contributed by atoms with E-state index in [1.165, 1.54) is 11.3 Å². The van der Waals surface area contributed by atoms with E-state index in [2.05, 4.69) is 22.6 Å². The molecule has 0 N–H and O–H groups in total. The molecule has 0 fully saturated rings. The molecule has 2 heterocycles. The standard InChI is InChI=1S/C36H27Cl2IN2O5S/c1-3-45-35(43)30-31(23-9-5-4-6-10-23)40-36-41(32(30)24-12-14-25(37)15-13-24)34(42)29(47-36)19-22-17-27(39)33(28(18-22)44-2)46-20-21-8-7-11-26(38)16-21/h4-19,32H,3,20H2,1-2H3/b29-19-/t32-/m1/s1. The largest absolute Gasteiger partial charge is 0.493 e. The van der Waals surface area contributed by atoms with Gasteiger partial charge in [-0.05, 0) is 88.7 Å². The third-order valence-electron chi connectivity index (χ3n) is 7.38. The Morgan fingerprint density at radius 3 is 2.47 bits per heavy atom. The van der Waals surface area contributed by atoms with Gasteiger partial charge in [-0.25, -0.2) is 9.79 Å². The van der Waals surface area contributed by atoms with Crippen LogP contribution in [0.4, 0.5) is 0 Å². The number of carbonyl (C=O) groups is 1. The summed E-state index contributed by atoms with van der Waals surface area (Å²) < 4.78 is 20.2. The fourth-order valence-electron chi connectivity index (χ4n) is 5.30. The van der Waals surface area contributed by atoms with Gasteiger partial charge in [0.25, 0.3) is 5.56 Å². The van der Waals surface area contributed by atoms with Crippen molar-refractivity contribution in [1.29, 1.82) is 0 Å². The summed E-state index contributed by atoms with van der Waals surface area (Å²) in [6.07, 6.45) is 1.80. The molecule has 0 unspecified atom stereocenters. The van der Waals surface area contributed by atoms with Gasteiger partial charge < -0.3 is 14.2 Å². The fraction of sp³-hybridized carbons (Fsp3) is 0.139. The van der Waals surface area contributed by atoms with Gasteiger partial charge in [0.15, 0.2) is 16.3 Å². The summed E-state index contributed by atoms with van der Waals surface area (Å²) in [6.45, 7) is 2.22. The Bertz CT molecular complexity index is 2180. The molecule has 0 radical (unpaired) electrons. The SMILES string of the molecule is CCOC(=O)C1=C(c2ccccc2)N=c2s/c(=C\c3cc(I)c(OCc4cccc(Cl)c4)c(OC)c3)c(=O)n2[C@@H]1c1ccc(Cl)cc1. The molecule has 1 aromatic heterocycles. The van der Waals surface area contributed by atoms with Crippen molar-refractivity contribution in [2.75, 3.05) is 13.7 Å². The van der Waals surface area contributed by atoms with Crippen LogP contribution >= 0.6 is 57.1 Å². The first kappa shape index (κ1) is 33.0. The predicted molar refractivity (Wildman–Crippen MR) is 194 cm³/mol. The lowest BCUT2D eigenvalue weighted by Gasteiger charge is -2.25. The highest BCUT2D eigenvalue weighted by atomic mass is 127. The van der Waals surface area contributed by atoms with Crippen LogP contribution in [0, 0.1) is 3.57 Å². The van der Waals surface area contributed by atoms with Crippen LogP contribution in [0.25, 0.3) is 11.8 Å². The maximum Gasteiger partial charge on any atom is 0.338 e. The Morgan fingerprint density at radius 2 is 1.77 bits per heavy atom. The summed E-state index contributed by atoms with van der Waals surface area (Å²) >= 11 is 15.8. The van der Waals surface area contributed by atoms with Crippen LogP contribution in [-0.4, -0.2) is 24.3 Å². The summed E-state index contributed by atoms with van der Waals surface area (Å²) in [5, 5.41) is 1.17. The molecule has 1 aliphatic rings. The van der Waals surface area contributed by atoms with E-state index < -0.39 is 12.0 Å². The number of hydrogen-bond donors (Lipinski definition) is 0. The molecule has 6 rings (SSSR count). The van der Waals surface area contributed by atoms with E-state index in [0.29, 0.717) is 48.7 Å². The van der Waals surface area contributed by atoms with E-state index in [9.17, 15) is 9.59 Å². The van der Waals surface area contributed by atoms with Crippen molar-refractivity contribution in [2.24, 2.45) is 4.99 Å². The van der Waals surface area contributed by atoms with E-state index in [0.717, 1.165) is 20.3 Å². The minimum Gasteiger partial charge on any atom is -0.493 e. The Kier molecular flexibility index (Phi) is 10.2. The van der Waals surface area contributed by atoms with Gasteiger partial charge in [-0.2, -0.15) is 0 Å².